The van der Waals surface area contributed by atoms with Gasteiger partial charge in [0, 0.05) is 6.61 Å². The number of hydrogen-bond acceptors (Lipinski definition) is 2. The Bertz CT molecular complexity index is 323. The first-order chi connectivity index (χ1) is 7.92. The van der Waals surface area contributed by atoms with Crippen molar-refractivity contribution in [3.8, 4) is 0 Å². The van der Waals surface area contributed by atoms with Crippen LogP contribution < -0.4 is 5.19 Å². The van der Waals surface area contributed by atoms with E-state index in [-0.39, 0.29) is 0 Å². The quantitative estimate of drug-likeness (QED) is 0.639. The Balaban J connectivity index is 2.11. The molecule has 87 valence electrons. The number of hydrogen-bond donors (Lipinski definition) is 1. The molecule has 0 aromatic heterocycles. The molecule has 0 amide bonds. The van der Waals surface area contributed by atoms with E-state index in [4.69, 9.17) is 4.43 Å². The summed E-state index contributed by atoms with van der Waals surface area (Å²) in [7, 11) is -0.710. The van der Waals surface area contributed by atoms with Crippen LogP contribution in [0.25, 0.3) is 0 Å². The second-order valence-electron chi connectivity index (χ2n) is 4.21. The number of rotatable bonds is 4. The minimum atomic E-state index is -0.710. The highest BCUT2D eigenvalue weighted by Gasteiger charge is 2.21. The van der Waals surface area contributed by atoms with E-state index in [9.17, 15) is 0 Å². The van der Waals surface area contributed by atoms with E-state index in [1.807, 2.05) is 0 Å². The predicted molar refractivity (Wildman–Crippen MR) is 74.0 cm³/mol. The third-order valence-electron chi connectivity index (χ3n) is 3.00. The summed E-state index contributed by atoms with van der Waals surface area (Å²) in [6.45, 7) is 0.967. The lowest BCUT2D eigenvalue weighted by Crippen LogP contribution is -2.38. The van der Waals surface area contributed by atoms with Crippen molar-refractivity contribution in [2.75, 3.05) is 12.4 Å². The van der Waals surface area contributed by atoms with Gasteiger partial charge in [0.1, 0.15) is 0 Å². The van der Waals surface area contributed by atoms with Crippen LogP contribution in [0.5, 0.6) is 0 Å². The third-order valence-corrected chi connectivity index (χ3v) is 5.76. The van der Waals surface area contributed by atoms with Gasteiger partial charge in [-0.05, 0) is 41.8 Å². The molecule has 1 aliphatic heterocycles. The van der Waals surface area contributed by atoms with Crippen LogP contribution in [0, 0.1) is 0 Å². The van der Waals surface area contributed by atoms with Gasteiger partial charge in [0.15, 0.2) is 0 Å². The topological polar surface area (TPSA) is 9.23 Å². The Morgan fingerprint density at radius 3 is 2.88 bits per heavy atom. The summed E-state index contributed by atoms with van der Waals surface area (Å²) >= 11 is 4.29. The average Bonchev–Trinajstić information content (AvgIpc) is 2.38. The van der Waals surface area contributed by atoms with Crippen LogP contribution in [0.3, 0.4) is 0 Å². The lowest BCUT2D eigenvalue weighted by atomic mass is 10.1. The van der Waals surface area contributed by atoms with Crippen LogP contribution in [-0.4, -0.2) is 21.4 Å². The van der Waals surface area contributed by atoms with Gasteiger partial charge in [0.05, 0.1) is 0 Å². The first-order valence-electron chi connectivity index (χ1n) is 6.09. The smallest absolute Gasteiger partial charge is 0.246 e. The van der Waals surface area contributed by atoms with Crippen molar-refractivity contribution >= 4 is 26.9 Å². The lowest BCUT2D eigenvalue weighted by Gasteiger charge is -2.22. The fourth-order valence-electron chi connectivity index (χ4n) is 2.15. The summed E-state index contributed by atoms with van der Waals surface area (Å²) in [5.74, 6) is 0.970. The highest BCUT2D eigenvalue weighted by molar-refractivity contribution is 7.80. The molecule has 1 radical (unpaired) electrons. The third kappa shape index (κ3) is 3.12. The molecule has 0 atom stereocenters. The van der Waals surface area contributed by atoms with E-state index in [1.54, 1.807) is 0 Å². The predicted octanol–water partition coefficient (Wildman–Crippen LogP) is 2.56. The molecule has 1 fully saturated rings. The summed E-state index contributed by atoms with van der Waals surface area (Å²) in [6, 6.07) is 10.1. The molecule has 0 N–H and O–H groups in total. The highest BCUT2D eigenvalue weighted by Crippen LogP contribution is 2.13. The molecule has 1 aromatic rings. The van der Waals surface area contributed by atoms with Crippen molar-refractivity contribution in [1.82, 2.24) is 0 Å². The van der Waals surface area contributed by atoms with Gasteiger partial charge in [-0.2, -0.15) is 12.6 Å². The SMILES string of the molecule is SCCCc1ccccc1[Si]1CCCCO1. The fourth-order valence-corrected chi connectivity index (χ4v) is 4.69. The van der Waals surface area contributed by atoms with Gasteiger partial charge in [-0.3, -0.25) is 0 Å². The Hall–Kier alpha value is -0.253. The Kier molecular flexibility index (Phi) is 4.94. The average molecular weight is 251 g/mol. The van der Waals surface area contributed by atoms with E-state index >= 15 is 0 Å². The maximum absolute atomic E-state index is 5.97. The van der Waals surface area contributed by atoms with E-state index in [0.717, 1.165) is 25.2 Å². The molecule has 3 heteroatoms. The summed E-state index contributed by atoms with van der Waals surface area (Å²) < 4.78 is 5.97. The Morgan fingerprint density at radius 2 is 2.12 bits per heavy atom. The molecule has 1 aliphatic rings. The highest BCUT2D eigenvalue weighted by atomic mass is 32.1. The van der Waals surface area contributed by atoms with Crippen molar-refractivity contribution in [3.05, 3.63) is 29.8 Å². The number of aryl methyl sites for hydroxylation is 1. The van der Waals surface area contributed by atoms with Crippen LogP contribution in [0.4, 0.5) is 0 Å². The minimum absolute atomic E-state index is 0.710. The molecule has 0 spiro atoms. The molecule has 0 saturated carbocycles. The zero-order valence-corrected chi connectivity index (χ0v) is 11.5. The van der Waals surface area contributed by atoms with Gasteiger partial charge in [0.25, 0.3) is 0 Å². The molecule has 16 heavy (non-hydrogen) atoms. The van der Waals surface area contributed by atoms with E-state index in [0.29, 0.717) is 0 Å². The Labute approximate surface area is 105 Å². The van der Waals surface area contributed by atoms with Gasteiger partial charge in [0.2, 0.25) is 9.04 Å². The van der Waals surface area contributed by atoms with Crippen LogP contribution in [0.15, 0.2) is 24.3 Å². The van der Waals surface area contributed by atoms with Crippen LogP contribution in [-0.2, 0) is 10.8 Å². The van der Waals surface area contributed by atoms with Crippen molar-refractivity contribution in [3.63, 3.8) is 0 Å². The van der Waals surface area contributed by atoms with Crippen molar-refractivity contribution < 1.29 is 4.43 Å². The monoisotopic (exact) mass is 251 g/mol. The zero-order chi connectivity index (χ0) is 11.2. The van der Waals surface area contributed by atoms with E-state index < -0.39 is 9.04 Å². The fraction of sp³-hybridized carbons (Fsp3) is 0.538. The van der Waals surface area contributed by atoms with Crippen molar-refractivity contribution in [2.45, 2.75) is 31.7 Å². The van der Waals surface area contributed by atoms with E-state index in [2.05, 4.69) is 36.9 Å². The normalized spacial score (nSPS) is 17.6. The first-order valence-corrected chi connectivity index (χ1v) is 8.34. The van der Waals surface area contributed by atoms with Crippen LogP contribution in [0.2, 0.25) is 6.04 Å². The number of thiol groups is 1. The number of benzene rings is 1. The molecule has 0 unspecified atom stereocenters. The maximum Gasteiger partial charge on any atom is 0.246 e. The largest absolute Gasteiger partial charge is 0.412 e. The molecule has 0 bridgehead atoms. The van der Waals surface area contributed by atoms with Gasteiger partial charge in [-0.1, -0.05) is 30.7 Å². The molecular formula is C13H19OSSi. The van der Waals surface area contributed by atoms with Crippen molar-refractivity contribution in [1.29, 1.82) is 0 Å². The van der Waals surface area contributed by atoms with Gasteiger partial charge < -0.3 is 4.43 Å². The molecule has 2 rings (SSSR count). The van der Waals surface area contributed by atoms with Gasteiger partial charge >= 0.3 is 0 Å². The summed E-state index contributed by atoms with van der Waals surface area (Å²) in [5, 5.41) is 1.51. The molecule has 1 aromatic carbocycles. The van der Waals surface area contributed by atoms with Gasteiger partial charge in [-0.15, -0.1) is 0 Å². The second-order valence-corrected chi connectivity index (χ2v) is 6.83. The standard InChI is InChI=1S/C13H19OSSi/c15-10-5-7-12-6-1-2-8-13(12)16-11-4-3-9-14-16/h1-2,6,8,15H,3-5,7,9-11H2. The maximum atomic E-state index is 5.97. The Morgan fingerprint density at radius 1 is 1.25 bits per heavy atom. The van der Waals surface area contributed by atoms with Gasteiger partial charge in [-0.25, -0.2) is 0 Å². The zero-order valence-electron chi connectivity index (χ0n) is 9.61. The molecular weight excluding hydrogens is 232 g/mol. The van der Waals surface area contributed by atoms with Crippen molar-refractivity contribution in [2.24, 2.45) is 0 Å². The van der Waals surface area contributed by atoms with Crippen LogP contribution >= 0.6 is 12.6 Å². The lowest BCUT2D eigenvalue weighted by molar-refractivity contribution is 0.294. The summed E-state index contributed by atoms with van der Waals surface area (Å²) in [6.07, 6.45) is 4.90. The van der Waals surface area contributed by atoms with Crippen LogP contribution in [0.1, 0.15) is 24.8 Å². The molecule has 1 saturated heterocycles. The molecule has 1 nitrogen and oxygen atoms in total. The summed E-state index contributed by atoms with van der Waals surface area (Å²) in [5.41, 5.74) is 1.49. The van der Waals surface area contributed by atoms with E-state index in [1.165, 1.54) is 29.6 Å². The first kappa shape index (κ1) is 12.2. The molecule has 0 aliphatic carbocycles. The summed E-state index contributed by atoms with van der Waals surface area (Å²) in [4.78, 5) is 0. The second kappa shape index (κ2) is 6.47. The minimum Gasteiger partial charge on any atom is -0.412 e. The molecule has 1 heterocycles.